The number of rotatable bonds is 5. The number of anilines is 1. The normalized spacial score (nSPS) is 22.2. The quantitative estimate of drug-likeness (QED) is 0.807. The van der Waals surface area contributed by atoms with Gasteiger partial charge >= 0.3 is 0 Å². The molecular weight excluding hydrogens is 230 g/mol. The first kappa shape index (κ1) is 13.3. The Bertz CT molecular complexity index is 367. The molecule has 18 heavy (non-hydrogen) atoms. The highest BCUT2D eigenvalue weighted by atomic mass is 16.5. The van der Waals surface area contributed by atoms with E-state index in [4.69, 9.17) is 10.5 Å². The first-order valence-corrected chi connectivity index (χ1v) is 6.63. The first-order chi connectivity index (χ1) is 8.69. The van der Waals surface area contributed by atoms with Crippen molar-refractivity contribution in [3.63, 3.8) is 0 Å². The molecule has 1 aromatic rings. The zero-order valence-electron chi connectivity index (χ0n) is 11.2. The maximum absolute atomic E-state index is 5.96. The van der Waals surface area contributed by atoms with E-state index in [0.717, 1.165) is 50.5 Å². The number of methoxy groups -OCH3 is 1. The molecule has 1 fully saturated rings. The van der Waals surface area contributed by atoms with Crippen molar-refractivity contribution in [3.05, 3.63) is 5.82 Å². The maximum atomic E-state index is 5.96. The van der Waals surface area contributed by atoms with Gasteiger partial charge in [0.2, 0.25) is 5.95 Å². The molecule has 0 aliphatic carbocycles. The van der Waals surface area contributed by atoms with Crippen LogP contribution in [0.25, 0.3) is 0 Å². The molecule has 0 amide bonds. The second-order valence-electron chi connectivity index (χ2n) is 5.02. The molecule has 0 saturated carbocycles. The minimum Gasteiger partial charge on any atom is -0.382 e. The van der Waals surface area contributed by atoms with Crippen molar-refractivity contribution in [2.75, 3.05) is 25.1 Å². The Balaban J connectivity index is 1.89. The summed E-state index contributed by atoms with van der Waals surface area (Å²) in [5.74, 6) is 1.71. The van der Waals surface area contributed by atoms with Crippen LogP contribution in [0, 0.1) is 0 Å². The molecule has 1 aromatic heterocycles. The van der Waals surface area contributed by atoms with Crippen molar-refractivity contribution >= 4 is 5.95 Å². The van der Waals surface area contributed by atoms with E-state index in [0.29, 0.717) is 0 Å². The highest BCUT2D eigenvalue weighted by Gasteiger charge is 2.20. The standard InChI is InChI=1S/C12H23N5O/c1-9(18-2)5-6-11-14-12(16-15-11)17-7-3-4-10(13)8-17/h9-10H,3-8,13H2,1-2H3,(H,14,15,16). The fraction of sp³-hybridized carbons (Fsp3) is 0.833. The average molecular weight is 253 g/mol. The number of hydrogen-bond acceptors (Lipinski definition) is 5. The molecule has 0 bridgehead atoms. The molecule has 2 heterocycles. The minimum absolute atomic E-state index is 0.245. The van der Waals surface area contributed by atoms with Crippen molar-refractivity contribution in [1.29, 1.82) is 0 Å². The number of aryl methyl sites for hydroxylation is 1. The summed E-state index contributed by atoms with van der Waals surface area (Å²) in [6.07, 6.45) is 4.28. The van der Waals surface area contributed by atoms with E-state index in [1.54, 1.807) is 7.11 Å². The van der Waals surface area contributed by atoms with Crippen LogP contribution in [0.5, 0.6) is 0 Å². The molecule has 6 nitrogen and oxygen atoms in total. The highest BCUT2D eigenvalue weighted by molar-refractivity contribution is 5.29. The summed E-state index contributed by atoms with van der Waals surface area (Å²) >= 11 is 0. The third kappa shape index (κ3) is 3.43. The van der Waals surface area contributed by atoms with Crippen LogP contribution in [0.15, 0.2) is 0 Å². The highest BCUT2D eigenvalue weighted by Crippen LogP contribution is 2.15. The number of piperidine rings is 1. The Labute approximate surface area is 108 Å². The molecule has 1 aliphatic heterocycles. The van der Waals surface area contributed by atoms with E-state index in [1.165, 1.54) is 0 Å². The van der Waals surface area contributed by atoms with Gasteiger partial charge in [-0.2, -0.15) is 4.98 Å². The van der Waals surface area contributed by atoms with Gasteiger partial charge < -0.3 is 15.4 Å². The number of H-pyrrole nitrogens is 1. The van der Waals surface area contributed by atoms with Crippen LogP contribution in [-0.2, 0) is 11.2 Å². The minimum atomic E-state index is 0.245. The van der Waals surface area contributed by atoms with E-state index >= 15 is 0 Å². The number of aromatic amines is 1. The second-order valence-corrected chi connectivity index (χ2v) is 5.02. The molecule has 1 aliphatic rings. The lowest BCUT2D eigenvalue weighted by atomic mass is 10.1. The number of nitrogens with two attached hydrogens (primary N) is 1. The molecule has 6 heteroatoms. The van der Waals surface area contributed by atoms with Crippen LogP contribution in [0.4, 0.5) is 5.95 Å². The van der Waals surface area contributed by atoms with Crippen molar-refractivity contribution in [1.82, 2.24) is 15.2 Å². The molecule has 1 saturated heterocycles. The summed E-state index contributed by atoms with van der Waals surface area (Å²) in [4.78, 5) is 6.68. The molecule has 0 aromatic carbocycles. The van der Waals surface area contributed by atoms with Crippen molar-refractivity contribution < 1.29 is 4.74 Å². The predicted molar refractivity (Wildman–Crippen MR) is 70.6 cm³/mol. The Morgan fingerprint density at radius 2 is 2.44 bits per heavy atom. The topological polar surface area (TPSA) is 80.1 Å². The molecule has 2 unspecified atom stereocenters. The van der Waals surface area contributed by atoms with E-state index in [-0.39, 0.29) is 12.1 Å². The van der Waals surface area contributed by atoms with E-state index < -0.39 is 0 Å². The molecule has 2 rings (SSSR count). The van der Waals surface area contributed by atoms with Crippen molar-refractivity contribution in [2.24, 2.45) is 5.73 Å². The number of hydrogen-bond donors (Lipinski definition) is 2. The molecule has 0 spiro atoms. The summed E-state index contributed by atoms with van der Waals surface area (Å²) in [5, 5.41) is 7.27. The fourth-order valence-electron chi connectivity index (χ4n) is 2.19. The number of nitrogens with zero attached hydrogens (tertiary/aromatic N) is 3. The third-order valence-corrected chi connectivity index (χ3v) is 3.45. The lowest BCUT2D eigenvalue weighted by Crippen LogP contribution is -2.43. The van der Waals surface area contributed by atoms with Crippen LogP contribution in [-0.4, -0.2) is 47.5 Å². The van der Waals surface area contributed by atoms with Crippen LogP contribution < -0.4 is 10.6 Å². The monoisotopic (exact) mass is 253 g/mol. The maximum Gasteiger partial charge on any atom is 0.244 e. The lowest BCUT2D eigenvalue weighted by molar-refractivity contribution is 0.111. The van der Waals surface area contributed by atoms with Gasteiger partial charge in [-0.1, -0.05) is 0 Å². The summed E-state index contributed by atoms with van der Waals surface area (Å²) < 4.78 is 5.22. The van der Waals surface area contributed by atoms with Gasteiger partial charge in [0.15, 0.2) is 0 Å². The van der Waals surface area contributed by atoms with Crippen molar-refractivity contribution in [2.45, 2.75) is 44.8 Å². The number of nitrogens with one attached hydrogen (secondary N) is 1. The molecule has 0 radical (unpaired) electrons. The first-order valence-electron chi connectivity index (χ1n) is 6.63. The van der Waals surface area contributed by atoms with Gasteiger partial charge in [-0.15, -0.1) is 5.10 Å². The zero-order valence-corrected chi connectivity index (χ0v) is 11.2. The van der Waals surface area contributed by atoms with Crippen molar-refractivity contribution in [3.8, 4) is 0 Å². The fourth-order valence-corrected chi connectivity index (χ4v) is 2.19. The van der Waals surface area contributed by atoms with E-state index in [1.807, 2.05) is 0 Å². The summed E-state index contributed by atoms with van der Waals surface area (Å²) in [7, 11) is 1.73. The second kappa shape index (κ2) is 6.15. The average Bonchev–Trinajstić information content (AvgIpc) is 2.84. The Kier molecular flexibility index (Phi) is 4.54. The Hall–Kier alpha value is -1.14. The third-order valence-electron chi connectivity index (χ3n) is 3.45. The van der Waals surface area contributed by atoms with Gasteiger partial charge in [0.05, 0.1) is 6.10 Å². The van der Waals surface area contributed by atoms with E-state index in [9.17, 15) is 0 Å². The Morgan fingerprint density at radius 1 is 1.61 bits per heavy atom. The van der Waals surface area contributed by atoms with Gasteiger partial charge in [0.1, 0.15) is 5.82 Å². The number of ether oxygens (including phenoxy) is 1. The predicted octanol–water partition coefficient (Wildman–Crippen LogP) is 0.700. The SMILES string of the molecule is COC(C)CCc1nc(N2CCCC(N)C2)n[nH]1. The molecule has 3 N–H and O–H groups in total. The Morgan fingerprint density at radius 3 is 3.17 bits per heavy atom. The summed E-state index contributed by atoms with van der Waals surface area (Å²) in [6, 6.07) is 0.245. The summed E-state index contributed by atoms with van der Waals surface area (Å²) in [6.45, 7) is 3.91. The van der Waals surface area contributed by atoms with Gasteiger partial charge in [-0.25, -0.2) is 0 Å². The van der Waals surface area contributed by atoms with Gasteiger partial charge in [-0.05, 0) is 26.2 Å². The van der Waals surface area contributed by atoms with Gasteiger partial charge in [0.25, 0.3) is 0 Å². The van der Waals surface area contributed by atoms with Crippen LogP contribution in [0.1, 0.15) is 32.0 Å². The summed E-state index contributed by atoms with van der Waals surface area (Å²) in [5.41, 5.74) is 5.96. The van der Waals surface area contributed by atoms with Gasteiger partial charge in [0, 0.05) is 32.7 Å². The van der Waals surface area contributed by atoms with Gasteiger partial charge in [-0.3, -0.25) is 5.10 Å². The zero-order chi connectivity index (χ0) is 13.0. The largest absolute Gasteiger partial charge is 0.382 e. The van der Waals surface area contributed by atoms with E-state index in [2.05, 4.69) is 27.0 Å². The smallest absolute Gasteiger partial charge is 0.244 e. The molecule has 2 atom stereocenters. The lowest BCUT2D eigenvalue weighted by Gasteiger charge is -2.29. The van der Waals surface area contributed by atoms with Crippen LogP contribution >= 0.6 is 0 Å². The van der Waals surface area contributed by atoms with Crippen LogP contribution in [0.3, 0.4) is 0 Å². The molecule has 102 valence electrons. The number of aromatic nitrogens is 3. The van der Waals surface area contributed by atoms with Crippen LogP contribution in [0.2, 0.25) is 0 Å². The molecular formula is C12H23N5O.